The maximum absolute atomic E-state index is 13.4. The van der Waals surface area contributed by atoms with E-state index < -0.39 is 0 Å². The first-order valence-corrected chi connectivity index (χ1v) is 11.2. The lowest BCUT2D eigenvalue weighted by Crippen LogP contribution is -2.24. The van der Waals surface area contributed by atoms with Gasteiger partial charge in [0, 0.05) is 12.1 Å². The van der Waals surface area contributed by atoms with E-state index in [1.165, 1.54) is 0 Å². The molecule has 0 radical (unpaired) electrons. The monoisotopic (exact) mass is 491 g/mol. The molecule has 9 heteroatoms. The second-order valence-corrected chi connectivity index (χ2v) is 8.39. The fourth-order valence-corrected chi connectivity index (χ4v) is 4.18. The Balaban J connectivity index is 1.66. The molecule has 0 aliphatic heterocycles. The van der Waals surface area contributed by atoms with Gasteiger partial charge in [0.15, 0.2) is 5.65 Å². The van der Waals surface area contributed by atoms with Gasteiger partial charge in [0.05, 0.1) is 33.9 Å². The number of nitrogens with two attached hydrogens (primary N) is 1. The smallest absolute Gasteiger partial charge is 0.257 e. The first kappa shape index (κ1) is 22.0. The molecule has 0 unspecified atom stereocenters. The van der Waals surface area contributed by atoms with Gasteiger partial charge in [-0.2, -0.15) is 0 Å². The molecule has 0 saturated heterocycles. The molecule has 2 aromatic heterocycles. The lowest BCUT2D eigenvalue weighted by Gasteiger charge is -2.10. The summed E-state index contributed by atoms with van der Waals surface area (Å²) in [6.45, 7) is 0.253. The Kier molecular flexibility index (Phi) is 5.73. The number of carbonyl (C=O) groups is 1. The summed E-state index contributed by atoms with van der Waals surface area (Å²) in [5, 5.41) is 3.70. The van der Waals surface area contributed by atoms with Crippen LogP contribution in [0.2, 0.25) is 10.0 Å². The Labute approximate surface area is 205 Å². The Hall–Kier alpha value is -3.81. The van der Waals surface area contributed by atoms with Gasteiger partial charge in [0.25, 0.3) is 5.91 Å². The molecule has 0 aliphatic rings. The van der Waals surface area contributed by atoms with Crippen molar-refractivity contribution in [1.82, 2.24) is 19.9 Å². The van der Waals surface area contributed by atoms with Crippen LogP contribution in [0, 0.1) is 0 Å². The van der Waals surface area contributed by atoms with Crippen LogP contribution in [0.3, 0.4) is 0 Å². The molecule has 170 valence electrons. The Morgan fingerprint density at radius 3 is 2.44 bits per heavy atom. The van der Waals surface area contributed by atoms with E-state index in [9.17, 15) is 4.79 Å². The molecule has 5 aromatic rings. The molecule has 7 nitrogen and oxygen atoms in total. The maximum atomic E-state index is 13.4. The van der Waals surface area contributed by atoms with Crippen LogP contribution < -0.4 is 15.8 Å². The molecule has 0 fully saturated rings. The number of halogens is 2. The van der Waals surface area contributed by atoms with E-state index in [1.807, 2.05) is 48.5 Å². The summed E-state index contributed by atoms with van der Waals surface area (Å²) in [7, 11) is 1.59. The number of hydrogen-bond acceptors (Lipinski definition) is 5. The number of anilines is 1. The number of ether oxygens (including phenoxy) is 1. The second-order valence-electron chi connectivity index (χ2n) is 7.57. The lowest BCUT2D eigenvalue weighted by molar-refractivity contribution is 0.0953. The largest absolute Gasteiger partial charge is 0.496 e. The molecule has 3 aromatic carbocycles. The van der Waals surface area contributed by atoms with E-state index in [2.05, 4.69) is 5.32 Å². The first-order valence-electron chi connectivity index (χ1n) is 10.4. The van der Waals surface area contributed by atoms with Crippen LogP contribution in [-0.4, -0.2) is 27.6 Å². The van der Waals surface area contributed by atoms with Crippen LogP contribution in [-0.2, 0) is 6.54 Å². The summed E-state index contributed by atoms with van der Waals surface area (Å²) in [5.41, 5.74) is 10.4. The van der Waals surface area contributed by atoms with Crippen LogP contribution in [0.25, 0.3) is 27.9 Å². The van der Waals surface area contributed by atoms with Crippen molar-refractivity contribution in [2.75, 3.05) is 12.8 Å². The van der Waals surface area contributed by atoms with Crippen molar-refractivity contribution in [2.45, 2.75) is 6.54 Å². The third kappa shape index (κ3) is 3.79. The van der Waals surface area contributed by atoms with Gasteiger partial charge in [-0.05, 0) is 36.4 Å². The Morgan fingerprint density at radius 1 is 1.00 bits per heavy atom. The SMILES string of the molecule is COc1ccccc1CNC(=O)c1c(N)n(-c2ccc(Cl)c(Cl)c2)c2nc3ccccc3nc12. The number of rotatable bonds is 5. The van der Waals surface area contributed by atoms with E-state index >= 15 is 0 Å². The molecule has 0 aliphatic carbocycles. The van der Waals surface area contributed by atoms with Crippen LogP contribution >= 0.6 is 23.2 Å². The van der Waals surface area contributed by atoms with Crippen molar-refractivity contribution < 1.29 is 9.53 Å². The zero-order chi connectivity index (χ0) is 23.8. The zero-order valence-corrected chi connectivity index (χ0v) is 19.6. The molecule has 0 atom stereocenters. The average Bonchev–Trinajstić information content (AvgIpc) is 3.13. The first-order chi connectivity index (χ1) is 16.5. The summed E-state index contributed by atoms with van der Waals surface area (Å²) >= 11 is 12.4. The van der Waals surface area contributed by atoms with Crippen molar-refractivity contribution >= 4 is 57.1 Å². The molecule has 2 heterocycles. The Morgan fingerprint density at radius 2 is 1.71 bits per heavy atom. The fourth-order valence-electron chi connectivity index (χ4n) is 3.88. The van der Waals surface area contributed by atoms with Gasteiger partial charge in [-0.15, -0.1) is 0 Å². The molecule has 0 saturated carbocycles. The summed E-state index contributed by atoms with van der Waals surface area (Å²) in [6, 6.07) is 20.0. The van der Waals surface area contributed by atoms with Crippen LogP contribution in [0.1, 0.15) is 15.9 Å². The van der Waals surface area contributed by atoms with Gasteiger partial charge in [0.1, 0.15) is 22.6 Å². The van der Waals surface area contributed by atoms with Crippen molar-refractivity contribution in [3.63, 3.8) is 0 Å². The molecule has 0 bridgehead atoms. The highest BCUT2D eigenvalue weighted by Crippen LogP contribution is 2.33. The number of amides is 1. The third-order valence-corrected chi connectivity index (χ3v) is 6.26. The van der Waals surface area contributed by atoms with Crippen molar-refractivity contribution in [1.29, 1.82) is 0 Å². The number of carbonyl (C=O) groups excluding carboxylic acids is 1. The van der Waals surface area contributed by atoms with Gasteiger partial charge in [-0.3, -0.25) is 9.36 Å². The minimum atomic E-state index is -0.378. The summed E-state index contributed by atoms with van der Waals surface area (Å²) < 4.78 is 7.04. The van der Waals surface area contributed by atoms with Crippen LogP contribution in [0.4, 0.5) is 5.82 Å². The number of benzene rings is 3. The standard InChI is InChI=1S/C25H19Cl2N5O2/c1-34-20-9-5-2-6-14(20)13-29-25(33)21-22-24(31-19-8-4-3-7-18(19)30-22)32(23(21)28)15-10-11-16(26)17(27)12-15/h2-12H,13,28H2,1H3,(H,29,33). The van der Waals surface area contributed by atoms with E-state index in [1.54, 1.807) is 29.9 Å². The topological polar surface area (TPSA) is 95.1 Å². The molecule has 1 amide bonds. The highest BCUT2D eigenvalue weighted by Gasteiger charge is 2.25. The van der Waals surface area contributed by atoms with E-state index in [0.29, 0.717) is 43.7 Å². The van der Waals surface area contributed by atoms with Gasteiger partial charge >= 0.3 is 0 Å². The van der Waals surface area contributed by atoms with Gasteiger partial charge in [-0.25, -0.2) is 9.97 Å². The summed E-state index contributed by atoms with van der Waals surface area (Å²) in [5.74, 6) is 0.498. The molecule has 3 N–H and O–H groups in total. The number of nitrogen functional groups attached to an aromatic ring is 1. The summed E-state index contributed by atoms with van der Waals surface area (Å²) in [4.78, 5) is 22.9. The predicted molar refractivity (Wildman–Crippen MR) is 135 cm³/mol. The van der Waals surface area contributed by atoms with Crippen LogP contribution in [0.5, 0.6) is 5.75 Å². The van der Waals surface area contributed by atoms with Gasteiger partial charge in [-0.1, -0.05) is 53.5 Å². The highest BCUT2D eigenvalue weighted by atomic mass is 35.5. The zero-order valence-electron chi connectivity index (χ0n) is 18.0. The number of nitrogens with zero attached hydrogens (tertiary/aromatic N) is 3. The third-order valence-electron chi connectivity index (χ3n) is 5.52. The summed E-state index contributed by atoms with van der Waals surface area (Å²) in [6.07, 6.45) is 0. The molecule has 5 rings (SSSR count). The normalized spacial score (nSPS) is 11.1. The number of hydrogen-bond donors (Lipinski definition) is 2. The highest BCUT2D eigenvalue weighted by molar-refractivity contribution is 6.42. The van der Waals surface area contributed by atoms with Crippen molar-refractivity contribution in [3.8, 4) is 11.4 Å². The number of fused-ring (bicyclic) bond motifs is 2. The molecular weight excluding hydrogens is 473 g/mol. The number of methoxy groups -OCH3 is 1. The quantitative estimate of drug-likeness (QED) is 0.343. The Bertz CT molecular complexity index is 1560. The van der Waals surface area contributed by atoms with Crippen molar-refractivity contribution in [2.24, 2.45) is 0 Å². The molecule has 34 heavy (non-hydrogen) atoms. The predicted octanol–water partition coefficient (Wildman–Crippen LogP) is 5.40. The number of para-hydroxylation sites is 3. The lowest BCUT2D eigenvalue weighted by atomic mass is 10.2. The minimum absolute atomic E-state index is 0.196. The van der Waals surface area contributed by atoms with Crippen LogP contribution in [0.15, 0.2) is 66.7 Å². The minimum Gasteiger partial charge on any atom is -0.496 e. The number of nitrogens with one attached hydrogen (secondary N) is 1. The van der Waals surface area contributed by atoms with Crippen molar-refractivity contribution in [3.05, 3.63) is 87.9 Å². The average molecular weight is 492 g/mol. The van der Waals surface area contributed by atoms with Gasteiger partial charge in [0.2, 0.25) is 0 Å². The van der Waals surface area contributed by atoms with E-state index in [0.717, 1.165) is 5.56 Å². The fraction of sp³-hybridized carbons (Fsp3) is 0.0800. The maximum Gasteiger partial charge on any atom is 0.257 e. The molecule has 0 spiro atoms. The number of aromatic nitrogens is 3. The van der Waals surface area contributed by atoms with E-state index in [-0.39, 0.29) is 23.8 Å². The molecular formula is C25H19Cl2N5O2. The van der Waals surface area contributed by atoms with E-state index in [4.69, 9.17) is 43.6 Å². The van der Waals surface area contributed by atoms with Gasteiger partial charge < -0.3 is 15.8 Å². The second kappa shape index (κ2) is 8.85.